The highest BCUT2D eigenvalue weighted by Crippen LogP contribution is 2.32. The fourth-order valence-corrected chi connectivity index (χ4v) is 2.19. The fraction of sp³-hybridized carbons (Fsp3) is 0.278. The predicted octanol–water partition coefficient (Wildman–Crippen LogP) is 4.56. The Bertz CT molecular complexity index is 696. The molecule has 0 bridgehead atoms. The number of hydrogen-bond acceptors (Lipinski definition) is 3. The molecule has 0 atom stereocenters. The summed E-state index contributed by atoms with van der Waals surface area (Å²) in [4.78, 5) is 10.3. The van der Waals surface area contributed by atoms with Crippen LogP contribution in [0.1, 0.15) is 23.1 Å². The Kier molecular flexibility index (Phi) is 5.84. The molecule has 2 rings (SSSR count). The number of aldehydes is 1. The van der Waals surface area contributed by atoms with Crippen LogP contribution in [0.3, 0.4) is 0 Å². The van der Waals surface area contributed by atoms with Crippen molar-refractivity contribution < 1.29 is 27.4 Å². The van der Waals surface area contributed by atoms with Crippen LogP contribution in [0.2, 0.25) is 0 Å². The Morgan fingerprint density at radius 2 is 1.71 bits per heavy atom. The summed E-state index contributed by atoms with van der Waals surface area (Å²) >= 11 is 0. The van der Waals surface area contributed by atoms with Gasteiger partial charge in [-0.1, -0.05) is 18.2 Å². The van der Waals surface area contributed by atoms with Crippen LogP contribution in [-0.4, -0.2) is 12.9 Å². The summed E-state index contributed by atoms with van der Waals surface area (Å²) < 4.78 is 49.8. The molecular weight excluding hydrogens is 321 g/mol. The van der Waals surface area contributed by atoms with Crippen LogP contribution in [-0.2, 0) is 17.6 Å². The molecule has 0 aromatic heterocycles. The normalized spacial score (nSPS) is 11.2. The van der Waals surface area contributed by atoms with E-state index in [0.29, 0.717) is 11.5 Å². The Balaban J connectivity index is 2.11. The van der Waals surface area contributed by atoms with E-state index in [1.165, 1.54) is 18.2 Å². The number of hydrogen-bond donors (Lipinski definition) is 0. The number of carbonyl (C=O) groups excluding carboxylic acids is 1. The molecule has 0 amide bonds. The number of alkyl halides is 3. The standard InChI is InChI=1S/C18H17F3O3/c1-13-9-15(23-8-4-7-22)11-16(10-13)24-12-14-5-2-3-6-17(14)18(19,20)21/h2-3,5-7,9-11H,4,8,12H2,1H3. The number of rotatable bonds is 7. The summed E-state index contributed by atoms with van der Waals surface area (Å²) in [5.41, 5.74) is 0.202. The Morgan fingerprint density at radius 3 is 2.38 bits per heavy atom. The van der Waals surface area contributed by atoms with E-state index in [2.05, 4.69) is 0 Å². The molecule has 0 radical (unpaired) electrons. The quantitative estimate of drug-likeness (QED) is 0.548. The van der Waals surface area contributed by atoms with Gasteiger partial charge in [0.15, 0.2) is 0 Å². The summed E-state index contributed by atoms with van der Waals surface area (Å²) in [6.45, 7) is 1.86. The van der Waals surface area contributed by atoms with Gasteiger partial charge in [-0.05, 0) is 30.7 Å². The summed E-state index contributed by atoms with van der Waals surface area (Å²) in [5.74, 6) is 0.920. The number of carbonyl (C=O) groups is 1. The zero-order valence-electron chi connectivity index (χ0n) is 13.1. The van der Waals surface area contributed by atoms with Crippen LogP contribution in [0.25, 0.3) is 0 Å². The topological polar surface area (TPSA) is 35.5 Å². The van der Waals surface area contributed by atoms with Gasteiger partial charge in [-0.2, -0.15) is 13.2 Å². The van der Waals surface area contributed by atoms with Crippen molar-refractivity contribution in [3.8, 4) is 11.5 Å². The zero-order valence-corrected chi connectivity index (χ0v) is 13.1. The molecule has 0 unspecified atom stereocenters. The van der Waals surface area contributed by atoms with Crippen molar-refractivity contribution in [3.05, 3.63) is 59.2 Å². The van der Waals surface area contributed by atoms with Gasteiger partial charge in [0.05, 0.1) is 12.2 Å². The molecule has 24 heavy (non-hydrogen) atoms. The van der Waals surface area contributed by atoms with Crippen molar-refractivity contribution in [2.75, 3.05) is 6.61 Å². The summed E-state index contributed by atoms with van der Waals surface area (Å²) in [7, 11) is 0. The second-order valence-corrected chi connectivity index (χ2v) is 5.23. The van der Waals surface area contributed by atoms with Gasteiger partial charge in [0, 0.05) is 18.1 Å². The van der Waals surface area contributed by atoms with E-state index in [9.17, 15) is 18.0 Å². The molecule has 6 heteroatoms. The minimum absolute atomic E-state index is 0.0647. The van der Waals surface area contributed by atoms with Crippen LogP contribution in [0.15, 0.2) is 42.5 Å². The monoisotopic (exact) mass is 338 g/mol. The van der Waals surface area contributed by atoms with Gasteiger partial charge < -0.3 is 14.3 Å². The minimum Gasteiger partial charge on any atom is -0.493 e. The first-order chi connectivity index (χ1) is 11.4. The number of halogens is 3. The average molecular weight is 338 g/mol. The van der Waals surface area contributed by atoms with E-state index in [4.69, 9.17) is 9.47 Å². The van der Waals surface area contributed by atoms with Crippen molar-refractivity contribution in [1.82, 2.24) is 0 Å². The molecule has 0 saturated heterocycles. The fourth-order valence-electron chi connectivity index (χ4n) is 2.19. The molecule has 0 N–H and O–H groups in total. The van der Waals surface area contributed by atoms with Crippen LogP contribution < -0.4 is 9.47 Å². The maximum absolute atomic E-state index is 13.0. The highest BCUT2D eigenvalue weighted by atomic mass is 19.4. The molecular formula is C18H17F3O3. The van der Waals surface area contributed by atoms with Crippen molar-refractivity contribution >= 4 is 6.29 Å². The van der Waals surface area contributed by atoms with Crippen molar-refractivity contribution in [3.63, 3.8) is 0 Å². The van der Waals surface area contributed by atoms with E-state index in [1.54, 1.807) is 18.2 Å². The first-order valence-electron chi connectivity index (χ1n) is 7.36. The van der Waals surface area contributed by atoms with Crippen molar-refractivity contribution in [2.45, 2.75) is 26.1 Å². The largest absolute Gasteiger partial charge is 0.493 e. The SMILES string of the molecule is Cc1cc(OCCC=O)cc(OCc2ccccc2C(F)(F)F)c1. The second kappa shape index (κ2) is 7.86. The van der Waals surface area contributed by atoms with Crippen LogP contribution in [0.5, 0.6) is 11.5 Å². The van der Waals surface area contributed by atoms with Gasteiger partial charge in [-0.3, -0.25) is 0 Å². The van der Waals surface area contributed by atoms with E-state index >= 15 is 0 Å². The van der Waals surface area contributed by atoms with Gasteiger partial charge >= 0.3 is 6.18 Å². The number of aryl methyl sites for hydroxylation is 1. The first kappa shape index (κ1) is 17.8. The molecule has 0 fully saturated rings. The van der Waals surface area contributed by atoms with Crippen molar-refractivity contribution in [1.29, 1.82) is 0 Å². The highest BCUT2D eigenvalue weighted by Gasteiger charge is 2.32. The molecule has 2 aromatic rings. The maximum Gasteiger partial charge on any atom is 0.416 e. The molecule has 0 aliphatic heterocycles. The second-order valence-electron chi connectivity index (χ2n) is 5.23. The number of benzene rings is 2. The molecule has 3 nitrogen and oxygen atoms in total. The van der Waals surface area contributed by atoms with Gasteiger partial charge in [0.1, 0.15) is 24.4 Å². The van der Waals surface area contributed by atoms with Gasteiger partial charge in [0.2, 0.25) is 0 Å². The predicted molar refractivity (Wildman–Crippen MR) is 83.1 cm³/mol. The third-order valence-electron chi connectivity index (χ3n) is 3.25. The molecule has 0 aliphatic rings. The van der Waals surface area contributed by atoms with Gasteiger partial charge in [-0.15, -0.1) is 0 Å². The highest BCUT2D eigenvalue weighted by molar-refractivity contribution is 5.49. The zero-order chi connectivity index (χ0) is 17.6. The lowest BCUT2D eigenvalue weighted by Gasteiger charge is -2.14. The Hall–Kier alpha value is -2.50. The van der Waals surface area contributed by atoms with Crippen molar-refractivity contribution in [2.24, 2.45) is 0 Å². The smallest absolute Gasteiger partial charge is 0.416 e. The van der Waals surface area contributed by atoms with Gasteiger partial charge in [-0.25, -0.2) is 0 Å². The lowest BCUT2D eigenvalue weighted by molar-refractivity contribution is -0.138. The third kappa shape index (κ3) is 5.01. The van der Waals surface area contributed by atoms with E-state index < -0.39 is 11.7 Å². The molecule has 128 valence electrons. The summed E-state index contributed by atoms with van der Waals surface area (Å²) in [6, 6.07) is 10.4. The molecule has 0 spiro atoms. The van der Waals surface area contributed by atoms with E-state index in [1.807, 2.05) is 6.92 Å². The molecule has 0 heterocycles. The van der Waals surface area contributed by atoms with Gasteiger partial charge in [0.25, 0.3) is 0 Å². The maximum atomic E-state index is 13.0. The van der Waals surface area contributed by atoms with Crippen LogP contribution in [0.4, 0.5) is 13.2 Å². The number of ether oxygens (including phenoxy) is 2. The van der Waals surface area contributed by atoms with E-state index in [-0.39, 0.29) is 25.2 Å². The Morgan fingerprint density at radius 1 is 1.04 bits per heavy atom. The van der Waals surface area contributed by atoms with E-state index in [0.717, 1.165) is 17.9 Å². The lowest BCUT2D eigenvalue weighted by atomic mass is 10.1. The molecule has 0 aliphatic carbocycles. The summed E-state index contributed by atoms with van der Waals surface area (Å²) in [6.07, 6.45) is -3.40. The lowest BCUT2D eigenvalue weighted by Crippen LogP contribution is -2.10. The summed E-state index contributed by atoms with van der Waals surface area (Å²) in [5, 5.41) is 0. The third-order valence-corrected chi connectivity index (χ3v) is 3.25. The average Bonchev–Trinajstić information content (AvgIpc) is 2.52. The minimum atomic E-state index is -4.42. The first-order valence-corrected chi connectivity index (χ1v) is 7.36. The Labute approximate surface area is 138 Å². The van der Waals surface area contributed by atoms with Crippen LogP contribution >= 0.6 is 0 Å². The molecule has 2 aromatic carbocycles. The van der Waals surface area contributed by atoms with Crippen LogP contribution in [0, 0.1) is 6.92 Å². The molecule has 0 saturated carbocycles.